The van der Waals surface area contributed by atoms with Gasteiger partial charge < -0.3 is 34.3 Å². The first-order valence-electron chi connectivity index (χ1n) is 26.2. The van der Waals surface area contributed by atoms with Crippen molar-refractivity contribution in [1.82, 2.24) is 0 Å². The number of unbranched alkanes of at least 4 members (excludes halogenated alkanes) is 27. The van der Waals surface area contributed by atoms with Crippen LogP contribution in [0, 0.1) is 0 Å². The second-order valence-corrected chi connectivity index (χ2v) is 19.2. The highest BCUT2D eigenvalue weighted by Gasteiger charge is 2.48. The first-order valence-corrected chi connectivity index (χ1v) is 27.6. The van der Waals surface area contributed by atoms with E-state index in [0.717, 1.165) is 64.2 Å². The Morgan fingerprint density at radius 3 is 1.52 bits per heavy atom. The van der Waals surface area contributed by atoms with Crippen LogP contribution in [0.1, 0.15) is 226 Å². The Morgan fingerprint density at radius 2 is 1.03 bits per heavy atom. The van der Waals surface area contributed by atoms with Gasteiger partial charge in [-0.05, 0) is 64.2 Å². The molecule has 65 heavy (non-hydrogen) atoms. The highest BCUT2D eigenvalue weighted by molar-refractivity contribution is 7.80. The van der Waals surface area contributed by atoms with E-state index in [1.165, 1.54) is 135 Å². The van der Waals surface area contributed by atoms with Gasteiger partial charge in [-0.15, -0.1) is 0 Å². The minimum atomic E-state index is -5.07. The van der Waals surface area contributed by atoms with Crippen molar-refractivity contribution >= 4 is 16.4 Å². The Hall–Kier alpha value is -1.68. The Balaban J connectivity index is 2.33. The highest BCUT2D eigenvalue weighted by atomic mass is 32.3. The SMILES string of the molecule is CCCC/C=C\C/C=C\CCCCCCCCOCC(COC1OC(CO)C(O)C(OS(=O)(=O)O)C1O)OC(=O)CCCCCCCCCCCCC/C=C\CCCCCCCCCC. The number of carbonyl (C=O) groups excluding carboxylic acids is 1. The summed E-state index contributed by atoms with van der Waals surface area (Å²) in [5, 5.41) is 30.7. The number of hydrogen-bond donors (Lipinski definition) is 4. The van der Waals surface area contributed by atoms with Crippen LogP contribution in [0.4, 0.5) is 0 Å². The minimum absolute atomic E-state index is 0.0299. The van der Waals surface area contributed by atoms with Crippen molar-refractivity contribution in [2.45, 2.75) is 263 Å². The second-order valence-electron chi connectivity index (χ2n) is 18.1. The number of aliphatic hydroxyl groups excluding tert-OH is 3. The zero-order valence-corrected chi connectivity index (χ0v) is 41.9. The molecule has 0 aliphatic carbocycles. The maximum absolute atomic E-state index is 12.9. The van der Waals surface area contributed by atoms with Crippen LogP contribution >= 0.6 is 0 Å². The fourth-order valence-corrected chi connectivity index (χ4v) is 8.49. The summed E-state index contributed by atoms with van der Waals surface area (Å²) in [5.41, 5.74) is 0. The molecule has 0 aromatic heterocycles. The number of carbonyl (C=O) groups is 1. The van der Waals surface area contributed by atoms with Gasteiger partial charge in [-0.25, -0.2) is 4.18 Å². The molecule has 0 bridgehead atoms. The molecule has 1 aliphatic heterocycles. The van der Waals surface area contributed by atoms with E-state index < -0.39 is 59.8 Å². The van der Waals surface area contributed by atoms with Gasteiger partial charge in [0.1, 0.15) is 30.5 Å². The Morgan fingerprint density at radius 1 is 0.585 bits per heavy atom. The van der Waals surface area contributed by atoms with Crippen LogP contribution in [0.25, 0.3) is 0 Å². The molecule has 12 nitrogen and oxygen atoms in total. The van der Waals surface area contributed by atoms with Crippen LogP contribution in [0.5, 0.6) is 0 Å². The molecule has 382 valence electrons. The summed E-state index contributed by atoms with van der Waals surface area (Å²) in [7, 11) is -5.07. The fourth-order valence-electron chi connectivity index (χ4n) is 7.98. The molecule has 1 saturated heterocycles. The predicted octanol–water partition coefficient (Wildman–Crippen LogP) is 12.1. The van der Waals surface area contributed by atoms with E-state index in [1.54, 1.807) is 0 Å². The van der Waals surface area contributed by atoms with E-state index in [0.29, 0.717) is 13.0 Å². The summed E-state index contributed by atoms with van der Waals surface area (Å²) in [4.78, 5) is 12.9. The maximum Gasteiger partial charge on any atom is 0.397 e. The van der Waals surface area contributed by atoms with E-state index in [1.807, 2.05) is 0 Å². The molecule has 6 atom stereocenters. The first-order chi connectivity index (χ1) is 31.6. The molecule has 6 unspecified atom stereocenters. The number of hydrogen-bond acceptors (Lipinski definition) is 11. The van der Waals surface area contributed by atoms with E-state index in [9.17, 15) is 33.1 Å². The lowest BCUT2D eigenvalue weighted by Gasteiger charge is -2.41. The normalized spacial score (nSPS) is 19.9. The largest absolute Gasteiger partial charge is 0.457 e. The first kappa shape index (κ1) is 61.3. The van der Waals surface area contributed by atoms with Gasteiger partial charge in [0.15, 0.2) is 6.29 Å². The van der Waals surface area contributed by atoms with E-state index in [2.05, 4.69) is 54.5 Å². The molecule has 0 amide bonds. The standard InChI is InChI=1S/C52H96O12S/c1-3-5-7-9-11-13-15-17-19-20-21-22-23-24-25-26-27-29-31-33-35-37-39-41-48(54)62-46(45-61-52-50(56)51(64-65(57,58)59)49(55)47(43-53)63-52)44-60-42-40-38-36-34-32-30-28-18-16-14-12-10-8-6-4-2/h10,12,16,18,20-21,46-47,49-53,55-56H,3-9,11,13-15,17,19,22-45H2,1-2H3,(H,57,58,59)/b12-10-,18-16-,21-20-. The minimum Gasteiger partial charge on any atom is -0.457 e. The lowest BCUT2D eigenvalue weighted by molar-refractivity contribution is -0.301. The zero-order chi connectivity index (χ0) is 47.5. The smallest absolute Gasteiger partial charge is 0.397 e. The molecular weight excluding hydrogens is 849 g/mol. The Bertz CT molecular complexity index is 1270. The average molecular weight is 945 g/mol. The third-order valence-corrected chi connectivity index (χ3v) is 12.5. The van der Waals surface area contributed by atoms with Gasteiger partial charge in [0.05, 0.1) is 19.8 Å². The van der Waals surface area contributed by atoms with E-state index >= 15 is 0 Å². The van der Waals surface area contributed by atoms with Crippen molar-refractivity contribution in [2.24, 2.45) is 0 Å². The van der Waals surface area contributed by atoms with E-state index in [4.69, 9.17) is 18.9 Å². The predicted molar refractivity (Wildman–Crippen MR) is 262 cm³/mol. The molecule has 1 heterocycles. The van der Waals surface area contributed by atoms with Gasteiger partial charge in [-0.2, -0.15) is 8.42 Å². The molecule has 0 spiro atoms. The van der Waals surface area contributed by atoms with Crippen LogP contribution in [-0.4, -0.2) is 97.5 Å². The van der Waals surface area contributed by atoms with Crippen molar-refractivity contribution in [3.05, 3.63) is 36.5 Å². The van der Waals surface area contributed by atoms with Crippen LogP contribution in [-0.2, 0) is 38.3 Å². The molecular formula is C52H96O12S. The summed E-state index contributed by atoms with van der Waals surface area (Å²) < 4.78 is 59.2. The molecule has 1 aliphatic rings. The van der Waals surface area contributed by atoms with Crippen LogP contribution in [0.3, 0.4) is 0 Å². The summed E-state index contributed by atoms with van der Waals surface area (Å²) >= 11 is 0. The van der Waals surface area contributed by atoms with Crippen molar-refractivity contribution in [1.29, 1.82) is 0 Å². The summed E-state index contributed by atoms with van der Waals surface area (Å²) in [6, 6.07) is 0. The van der Waals surface area contributed by atoms with Crippen molar-refractivity contribution < 1.29 is 56.2 Å². The third kappa shape index (κ3) is 37.0. The van der Waals surface area contributed by atoms with E-state index in [-0.39, 0.29) is 19.6 Å². The molecule has 0 aromatic rings. The number of esters is 1. The van der Waals surface area contributed by atoms with Crippen LogP contribution < -0.4 is 0 Å². The van der Waals surface area contributed by atoms with Gasteiger partial charge in [-0.3, -0.25) is 9.35 Å². The zero-order valence-electron chi connectivity index (χ0n) is 41.1. The molecule has 1 fully saturated rings. The van der Waals surface area contributed by atoms with Gasteiger partial charge in [0, 0.05) is 13.0 Å². The average Bonchev–Trinajstić information content (AvgIpc) is 3.28. The summed E-state index contributed by atoms with van der Waals surface area (Å²) in [6.45, 7) is 3.95. The molecule has 0 radical (unpaired) electrons. The number of rotatable bonds is 46. The second kappa shape index (κ2) is 43.6. The fraction of sp³-hybridized carbons (Fsp3) is 0.865. The van der Waals surface area contributed by atoms with Crippen LogP contribution in [0.15, 0.2) is 36.5 Å². The Labute approximate surface area is 396 Å². The Kier molecular flexibility index (Phi) is 41.1. The molecule has 0 saturated carbocycles. The van der Waals surface area contributed by atoms with Crippen molar-refractivity contribution in [3.8, 4) is 0 Å². The third-order valence-electron chi connectivity index (χ3n) is 12.0. The lowest BCUT2D eigenvalue weighted by atomic mass is 9.99. The lowest BCUT2D eigenvalue weighted by Crippen LogP contribution is -2.60. The number of allylic oxidation sites excluding steroid dienone is 6. The van der Waals surface area contributed by atoms with Gasteiger partial charge in [-0.1, -0.05) is 192 Å². The van der Waals surface area contributed by atoms with Gasteiger partial charge >= 0.3 is 16.4 Å². The van der Waals surface area contributed by atoms with Crippen LogP contribution in [0.2, 0.25) is 0 Å². The van der Waals surface area contributed by atoms with Gasteiger partial charge in [0.2, 0.25) is 0 Å². The summed E-state index contributed by atoms with van der Waals surface area (Å²) in [5.74, 6) is -0.402. The quantitative estimate of drug-likeness (QED) is 0.0197. The topological polar surface area (TPSA) is 178 Å². The molecule has 4 N–H and O–H groups in total. The maximum atomic E-state index is 12.9. The monoisotopic (exact) mass is 945 g/mol. The summed E-state index contributed by atoms with van der Waals surface area (Å²) in [6.07, 6.45) is 43.2. The van der Waals surface area contributed by atoms with Gasteiger partial charge in [0.25, 0.3) is 0 Å². The highest BCUT2D eigenvalue weighted by Crippen LogP contribution is 2.26. The number of aliphatic hydroxyl groups is 3. The van der Waals surface area contributed by atoms with Crippen molar-refractivity contribution in [3.63, 3.8) is 0 Å². The number of ether oxygens (including phenoxy) is 4. The van der Waals surface area contributed by atoms with Crippen molar-refractivity contribution in [2.75, 3.05) is 26.4 Å². The molecule has 13 heteroatoms. The molecule has 1 rings (SSSR count). The molecule has 0 aromatic carbocycles.